The van der Waals surface area contributed by atoms with Crippen molar-refractivity contribution in [3.05, 3.63) is 11.7 Å². The summed E-state index contributed by atoms with van der Waals surface area (Å²) in [6, 6.07) is 1.18. The SMILES string of the molecule is CCCNC1CCN(Cc2noc(C)n2)C(C)C1C. The van der Waals surface area contributed by atoms with Gasteiger partial charge in [0.05, 0.1) is 6.54 Å². The number of nitrogens with one attached hydrogen (secondary N) is 1. The highest BCUT2D eigenvalue weighted by Crippen LogP contribution is 2.24. The lowest BCUT2D eigenvalue weighted by atomic mass is 9.87. The smallest absolute Gasteiger partial charge is 0.223 e. The van der Waals surface area contributed by atoms with Gasteiger partial charge in [0.25, 0.3) is 0 Å². The van der Waals surface area contributed by atoms with Gasteiger partial charge in [-0.1, -0.05) is 19.0 Å². The molecule has 0 aromatic carbocycles. The van der Waals surface area contributed by atoms with Crippen molar-refractivity contribution in [2.75, 3.05) is 13.1 Å². The molecule has 0 bridgehead atoms. The second-order valence-corrected chi connectivity index (χ2v) is 5.65. The molecule has 1 fully saturated rings. The van der Waals surface area contributed by atoms with Crippen LogP contribution in [0.4, 0.5) is 0 Å². The normalized spacial score (nSPS) is 28.7. The molecule has 5 nitrogen and oxygen atoms in total. The van der Waals surface area contributed by atoms with Crippen LogP contribution in [0, 0.1) is 12.8 Å². The maximum atomic E-state index is 5.04. The minimum absolute atomic E-state index is 0.543. The van der Waals surface area contributed by atoms with E-state index < -0.39 is 0 Å². The monoisotopic (exact) mass is 266 g/mol. The average molecular weight is 266 g/mol. The zero-order valence-corrected chi connectivity index (χ0v) is 12.5. The first-order valence-corrected chi connectivity index (χ1v) is 7.38. The van der Waals surface area contributed by atoms with Crippen molar-refractivity contribution in [3.63, 3.8) is 0 Å². The van der Waals surface area contributed by atoms with Crippen LogP contribution in [-0.2, 0) is 6.54 Å². The van der Waals surface area contributed by atoms with E-state index in [-0.39, 0.29) is 0 Å². The fourth-order valence-corrected chi connectivity index (χ4v) is 2.87. The Labute approximate surface area is 115 Å². The predicted octanol–water partition coefficient (Wildman–Crippen LogP) is 1.98. The summed E-state index contributed by atoms with van der Waals surface area (Å²) in [4.78, 5) is 6.76. The van der Waals surface area contributed by atoms with Crippen molar-refractivity contribution in [1.82, 2.24) is 20.4 Å². The van der Waals surface area contributed by atoms with E-state index >= 15 is 0 Å². The van der Waals surface area contributed by atoms with Gasteiger partial charge >= 0.3 is 0 Å². The number of aromatic nitrogens is 2. The minimum atomic E-state index is 0.543. The highest BCUT2D eigenvalue weighted by atomic mass is 16.5. The molecule has 0 saturated carbocycles. The van der Waals surface area contributed by atoms with Gasteiger partial charge in [-0.3, -0.25) is 4.90 Å². The molecule has 1 aliphatic rings. The lowest BCUT2D eigenvalue weighted by Gasteiger charge is -2.42. The second-order valence-electron chi connectivity index (χ2n) is 5.65. The summed E-state index contributed by atoms with van der Waals surface area (Å²) in [7, 11) is 0. The maximum absolute atomic E-state index is 5.04. The largest absolute Gasteiger partial charge is 0.340 e. The Kier molecular flexibility index (Phi) is 4.93. The van der Waals surface area contributed by atoms with Gasteiger partial charge in [0.2, 0.25) is 5.89 Å². The van der Waals surface area contributed by atoms with Gasteiger partial charge in [-0.25, -0.2) is 0 Å². The van der Waals surface area contributed by atoms with Crippen molar-refractivity contribution in [2.24, 2.45) is 5.92 Å². The highest BCUT2D eigenvalue weighted by molar-refractivity contribution is 4.92. The number of hydrogen-bond donors (Lipinski definition) is 1. The molecule has 1 saturated heterocycles. The summed E-state index contributed by atoms with van der Waals surface area (Å²) in [6.45, 7) is 11.7. The van der Waals surface area contributed by atoms with Gasteiger partial charge < -0.3 is 9.84 Å². The van der Waals surface area contributed by atoms with Gasteiger partial charge in [0, 0.05) is 25.6 Å². The Bertz CT molecular complexity index is 393. The lowest BCUT2D eigenvalue weighted by Crippen LogP contribution is -2.53. The van der Waals surface area contributed by atoms with E-state index in [1.54, 1.807) is 0 Å². The molecule has 108 valence electrons. The summed E-state index contributed by atoms with van der Waals surface area (Å²) in [5, 5.41) is 7.66. The molecule has 0 radical (unpaired) electrons. The standard InChI is InChI=1S/C14H26N4O/c1-5-7-15-13-6-8-18(11(3)10(13)2)9-14-16-12(4)19-17-14/h10-11,13,15H,5-9H2,1-4H3. The Balaban J connectivity index is 1.91. The van der Waals surface area contributed by atoms with Gasteiger partial charge in [-0.15, -0.1) is 0 Å². The van der Waals surface area contributed by atoms with E-state index in [0.717, 1.165) is 25.5 Å². The quantitative estimate of drug-likeness (QED) is 0.883. The second kappa shape index (κ2) is 6.48. The first-order chi connectivity index (χ1) is 9.11. The van der Waals surface area contributed by atoms with E-state index in [1.165, 1.54) is 12.8 Å². The molecule has 0 spiro atoms. The van der Waals surface area contributed by atoms with E-state index in [1.807, 2.05) is 6.92 Å². The van der Waals surface area contributed by atoms with Crippen LogP contribution in [0.3, 0.4) is 0 Å². The van der Waals surface area contributed by atoms with Crippen LogP contribution < -0.4 is 5.32 Å². The third-order valence-corrected chi connectivity index (χ3v) is 4.27. The third kappa shape index (κ3) is 3.54. The summed E-state index contributed by atoms with van der Waals surface area (Å²) in [5.41, 5.74) is 0. The predicted molar refractivity (Wildman–Crippen MR) is 74.8 cm³/mol. The number of aryl methyl sites for hydroxylation is 1. The molecule has 0 amide bonds. The molecule has 1 aromatic heterocycles. The third-order valence-electron chi connectivity index (χ3n) is 4.27. The van der Waals surface area contributed by atoms with Crippen molar-refractivity contribution >= 4 is 0 Å². The number of nitrogens with zero attached hydrogens (tertiary/aromatic N) is 3. The van der Waals surface area contributed by atoms with Crippen molar-refractivity contribution < 1.29 is 4.52 Å². The minimum Gasteiger partial charge on any atom is -0.340 e. The van der Waals surface area contributed by atoms with Crippen LogP contribution in [0.2, 0.25) is 0 Å². The Hall–Kier alpha value is -0.940. The number of likely N-dealkylation sites (tertiary alicyclic amines) is 1. The highest BCUT2D eigenvalue weighted by Gasteiger charge is 2.32. The van der Waals surface area contributed by atoms with Crippen LogP contribution in [0.5, 0.6) is 0 Å². The van der Waals surface area contributed by atoms with Crippen LogP contribution >= 0.6 is 0 Å². The summed E-state index contributed by atoms with van der Waals surface area (Å²) in [5.74, 6) is 2.10. The van der Waals surface area contributed by atoms with E-state index in [9.17, 15) is 0 Å². The average Bonchev–Trinajstić information content (AvgIpc) is 2.80. The Morgan fingerprint density at radius 1 is 1.42 bits per heavy atom. The van der Waals surface area contributed by atoms with Crippen molar-refractivity contribution in [3.8, 4) is 0 Å². The zero-order chi connectivity index (χ0) is 13.8. The lowest BCUT2D eigenvalue weighted by molar-refractivity contribution is 0.0755. The van der Waals surface area contributed by atoms with Crippen molar-refractivity contribution in [2.45, 2.75) is 59.2 Å². The molecule has 0 aliphatic carbocycles. The molecule has 3 atom stereocenters. The van der Waals surface area contributed by atoms with Crippen LogP contribution in [0.25, 0.3) is 0 Å². The Morgan fingerprint density at radius 2 is 2.21 bits per heavy atom. The fraction of sp³-hybridized carbons (Fsp3) is 0.857. The molecule has 2 rings (SSSR count). The van der Waals surface area contributed by atoms with Crippen molar-refractivity contribution in [1.29, 1.82) is 0 Å². The summed E-state index contributed by atoms with van der Waals surface area (Å²) >= 11 is 0. The molecule has 5 heteroatoms. The fourth-order valence-electron chi connectivity index (χ4n) is 2.87. The molecule has 1 N–H and O–H groups in total. The van der Waals surface area contributed by atoms with Gasteiger partial charge in [0.1, 0.15) is 0 Å². The summed E-state index contributed by atoms with van der Waals surface area (Å²) < 4.78 is 5.04. The number of rotatable bonds is 5. The van der Waals surface area contributed by atoms with Crippen LogP contribution in [0.15, 0.2) is 4.52 Å². The number of piperidine rings is 1. The van der Waals surface area contributed by atoms with Crippen LogP contribution in [-0.4, -0.2) is 40.2 Å². The summed E-state index contributed by atoms with van der Waals surface area (Å²) in [6.07, 6.45) is 2.39. The molecule has 1 aromatic rings. The van der Waals surface area contributed by atoms with Crippen LogP contribution in [0.1, 0.15) is 45.3 Å². The molecular weight excluding hydrogens is 240 g/mol. The topological polar surface area (TPSA) is 54.2 Å². The first kappa shape index (κ1) is 14.5. The van der Waals surface area contributed by atoms with Gasteiger partial charge in [-0.2, -0.15) is 4.98 Å². The molecule has 2 heterocycles. The molecular formula is C14H26N4O. The number of hydrogen-bond acceptors (Lipinski definition) is 5. The first-order valence-electron chi connectivity index (χ1n) is 7.38. The van der Waals surface area contributed by atoms with E-state index in [0.29, 0.717) is 23.9 Å². The van der Waals surface area contributed by atoms with Gasteiger partial charge in [-0.05, 0) is 32.2 Å². The van der Waals surface area contributed by atoms with E-state index in [4.69, 9.17) is 4.52 Å². The Morgan fingerprint density at radius 3 is 2.84 bits per heavy atom. The molecule has 19 heavy (non-hydrogen) atoms. The molecule has 1 aliphatic heterocycles. The van der Waals surface area contributed by atoms with E-state index in [2.05, 4.69) is 41.1 Å². The van der Waals surface area contributed by atoms with Gasteiger partial charge in [0.15, 0.2) is 5.82 Å². The molecule has 3 unspecified atom stereocenters. The zero-order valence-electron chi connectivity index (χ0n) is 12.5. The maximum Gasteiger partial charge on any atom is 0.223 e.